The number of carbonyl (C=O) groups is 1. The summed E-state index contributed by atoms with van der Waals surface area (Å²) in [5, 5.41) is 2.31. The van der Waals surface area contributed by atoms with Crippen molar-refractivity contribution in [3.05, 3.63) is 71.4 Å². The Balaban J connectivity index is 1.80. The van der Waals surface area contributed by atoms with Crippen molar-refractivity contribution in [1.29, 1.82) is 0 Å². The lowest BCUT2D eigenvalue weighted by molar-refractivity contribution is -0.644. The Morgan fingerprint density at radius 1 is 1.11 bits per heavy atom. The first kappa shape index (κ1) is 17.8. The predicted molar refractivity (Wildman–Crippen MR) is 113 cm³/mol. The van der Waals surface area contributed by atoms with E-state index in [2.05, 4.69) is 77.3 Å². The first-order valence-corrected chi connectivity index (χ1v) is 10.0. The van der Waals surface area contributed by atoms with E-state index >= 15 is 0 Å². The van der Waals surface area contributed by atoms with Crippen molar-refractivity contribution in [3.8, 4) is 0 Å². The number of carbonyl (C=O) groups excluding carboxylic acids is 1. The van der Waals surface area contributed by atoms with Crippen molar-refractivity contribution < 1.29 is 9.36 Å². The molecule has 0 unspecified atom stereocenters. The van der Waals surface area contributed by atoms with E-state index in [1.54, 1.807) is 11.8 Å². The van der Waals surface area contributed by atoms with E-state index in [-0.39, 0.29) is 11.7 Å². The molecule has 0 saturated carbocycles. The minimum atomic E-state index is 0.0283. The Morgan fingerprint density at radius 2 is 1.85 bits per heavy atom. The van der Waals surface area contributed by atoms with Crippen LogP contribution in [0, 0.1) is 5.92 Å². The molecule has 4 rings (SSSR count). The number of nitrogens with zero attached hydrogens (tertiary/aromatic N) is 2. The zero-order valence-corrected chi connectivity index (χ0v) is 16.7. The number of anilines is 1. The van der Waals surface area contributed by atoms with Crippen molar-refractivity contribution >= 4 is 40.2 Å². The lowest BCUT2D eigenvalue weighted by atomic mass is 10.1. The fourth-order valence-corrected chi connectivity index (χ4v) is 4.42. The number of pyridine rings is 1. The number of aromatic nitrogens is 1. The summed E-state index contributed by atoms with van der Waals surface area (Å²) in [6, 6.07) is 18.9. The smallest absolute Gasteiger partial charge is 0.212 e. The third kappa shape index (κ3) is 3.37. The number of aryl methyl sites for hydroxylation is 1. The van der Waals surface area contributed by atoms with Crippen LogP contribution < -0.4 is 9.47 Å². The van der Waals surface area contributed by atoms with Crippen LogP contribution >= 0.6 is 11.8 Å². The Bertz CT molecular complexity index is 1060. The number of hydrogen-bond acceptors (Lipinski definition) is 3. The van der Waals surface area contributed by atoms with Gasteiger partial charge >= 0.3 is 0 Å². The molecule has 1 aliphatic rings. The van der Waals surface area contributed by atoms with Gasteiger partial charge in [0, 0.05) is 22.9 Å². The van der Waals surface area contributed by atoms with E-state index in [0.717, 1.165) is 10.7 Å². The van der Waals surface area contributed by atoms with Crippen LogP contribution in [-0.4, -0.2) is 12.3 Å². The number of fused-ring (bicyclic) bond motifs is 2. The SMILES string of the molecule is CC(C)C(=O)CN1/C(=C/c2cc[n+](C)c3ccccc23)Sc2ccccc21. The minimum absolute atomic E-state index is 0.0283. The van der Waals surface area contributed by atoms with Crippen LogP contribution in [0.1, 0.15) is 19.4 Å². The second kappa shape index (κ2) is 7.20. The first-order valence-electron chi connectivity index (χ1n) is 9.21. The summed E-state index contributed by atoms with van der Waals surface area (Å²) in [6.45, 7) is 4.34. The van der Waals surface area contributed by atoms with E-state index in [0.29, 0.717) is 6.54 Å². The average molecular weight is 376 g/mol. The van der Waals surface area contributed by atoms with E-state index in [9.17, 15) is 4.79 Å². The van der Waals surface area contributed by atoms with Crippen molar-refractivity contribution in [1.82, 2.24) is 0 Å². The van der Waals surface area contributed by atoms with E-state index in [4.69, 9.17) is 0 Å². The summed E-state index contributed by atoms with van der Waals surface area (Å²) in [5.74, 6) is 0.281. The molecular formula is C23H23N2OS+. The summed E-state index contributed by atoms with van der Waals surface area (Å²) >= 11 is 1.73. The maximum absolute atomic E-state index is 12.5. The molecule has 0 atom stereocenters. The van der Waals surface area contributed by atoms with Gasteiger partial charge in [0.25, 0.3) is 0 Å². The van der Waals surface area contributed by atoms with Gasteiger partial charge in [-0.25, -0.2) is 4.57 Å². The molecule has 0 amide bonds. The Kier molecular flexibility index (Phi) is 4.75. The third-order valence-corrected chi connectivity index (χ3v) is 6.06. The number of benzene rings is 2. The summed E-state index contributed by atoms with van der Waals surface area (Å²) < 4.78 is 2.13. The molecule has 136 valence electrons. The van der Waals surface area contributed by atoms with Gasteiger partial charge in [-0.3, -0.25) is 4.79 Å². The average Bonchev–Trinajstić information content (AvgIpc) is 3.01. The first-order chi connectivity index (χ1) is 13.0. The van der Waals surface area contributed by atoms with Gasteiger partial charge in [0.15, 0.2) is 12.0 Å². The molecule has 1 aromatic heterocycles. The molecule has 1 aliphatic heterocycles. The molecule has 4 heteroatoms. The molecule has 0 aliphatic carbocycles. The highest BCUT2D eigenvalue weighted by Crippen LogP contribution is 2.46. The molecule has 0 saturated heterocycles. The number of para-hydroxylation sites is 2. The van der Waals surface area contributed by atoms with Crippen LogP contribution in [-0.2, 0) is 11.8 Å². The number of hydrogen-bond donors (Lipinski definition) is 0. The van der Waals surface area contributed by atoms with E-state index in [1.807, 2.05) is 19.9 Å². The molecule has 0 radical (unpaired) electrons. The highest BCUT2D eigenvalue weighted by Gasteiger charge is 2.27. The van der Waals surface area contributed by atoms with Gasteiger partial charge in [-0.1, -0.05) is 49.9 Å². The summed E-state index contributed by atoms with van der Waals surface area (Å²) in [4.78, 5) is 15.8. The molecule has 0 spiro atoms. The summed E-state index contributed by atoms with van der Waals surface area (Å²) in [5.41, 5.74) is 3.48. The fourth-order valence-electron chi connectivity index (χ4n) is 3.31. The van der Waals surface area contributed by atoms with Gasteiger partial charge in [0.1, 0.15) is 7.05 Å². The van der Waals surface area contributed by atoms with Crippen molar-refractivity contribution in [2.45, 2.75) is 18.7 Å². The second-order valence-corrected chi connectivity index (χ2v) is 8.22. The largest absolute Gasteiger partial charge is 0.327 e. The van der Waals surface area contributed by atoms with E-state index in [1.165, 1.54) is 21.4 Å². The second-order valence-electron chi connectivity index (χ2n) is 7.16. The summed E-state index contributed by atoms with van der Waals surface area (Å²) in [7, 11) is 2.06. The maximum atomic E-state index is 12.5. The number of ketones is 1. The molecule has 3 aromatic rings. The highest BCUT2D eigenvalue weighted by atomic mass is 32.2. The van der Waals surface area contributed by atoms with Crippen LogP contribution in [0.3, 0.4) is 0 Å². The summed E-state index contributed by atoms with van der Waals surface area (Å²) in [6.07, 6.45) is 4.30. The van der Waals surface area contributed by atoms with Crippen LogP contribution in [0.15, 0.2) is 70.7 Å². The van der Waals surface area contributed by atoms with E-state index < -0.39 is 0 Å². The van der Waals surface area contributed by atoms with Crippen LogP contribution in [0.4, 0.5) is 5.69 Å². The van der Waals surface area contributed by atoms with Crippen molar-refractivity contribution in [2.24, 2.45) is 13.0 Å². The zero-order chi connectivity index (χ0) is 19.0. The molecule has 3 nitrogen and oxygen atoms in total. The maximum Gasteiger partial charge on any atom is 0.212 e. The molecule has 27 heavy (non-hydrogen) atoms. The normalized spacial score (nSPS) is 15.0. The van der Waals surface area contributed by atoms with Gasteiger partial charge in [0.2, 0.25) is 5.52 Å². The predicted octanol–water partition coefficient (Wildman–Crippen LogP) is 4.80. The zero-order valence-electron chi connectivity index (χ0n) is 15.8. The quantitative estimate of drug-likeness (QED) is 0.612. The van der Waals surface area contributed by atoms with Crippen LogP contribution in [0.2, 0.25) is 0 Å². The van der Waals surface area contributed by atoms with Crippen LogP contribution in [0.25, 0.3) is 17.0 Å². The minimum Gasteiger partial charge on any atom is -0.327 e. The number of rotatable bonds is 4. The molecular weight excluding hydrogens is 352 g/mol. The topological polar surface area (TPSA) is 24.2 Å². The number of Topliss-reactive ketones (excluding diaryl/α,β-unsaturated/α-hetero) is 1. The number of thioether (sulfide) groups is 1. The van der Waals surface area contributed by atoms with Crippen LogP contribution in [0.5, 0.6) is 0 Å². The molecule has 0 bridgehead atoms. The molecule has 0 N–H and O–H groups in total. The van der Waals surface area contributed by atoms with Crippen molar-refractivity contribution in [3.63, 3.8) is 0 Å². The molecule has 2 aromatic carbocycles. The lowest BCUT2D eigenvalue weighted by Crippen LogP contribution is -2.29. The monoisotopic (exact) mass is 375 g/mol. The van der Waals surface area contributed by atoms with Gasteiger partial charge in [-0.2, -0.15) is 0 Å². The Hall–Kier alpha value is -2.59. The Morgan fingerprint density at radius 3 is 2.67 bits per heavy atom. The van der Waals surface area contributed by atoms with Crippen molar-refractivity contribution in [2.75, 3.05) is 11.4 Å². The molecule has 0 fully saturated rings. The van der Waals surface area contributed by atoms with Gasteiger partial charge in [-0.15, -0.1) is 0 Å². The highest BCUT2D eigenvalue weighted by molar-refractivity contribution is 8.03. The standard InChI is InChI=1S/C23H23N2OS/c1-16(2)21(26)15-25-20-10-6-7-11-22(20)27-23(25)14-17-12-13-24(3)19-9-5-4-8-18(17)19/h4-14,16H,15H2,1-3H3/q+1. The van der Waals surface area contributed by atoms with Gasteiger partial charge < -0.3 is 4.90 Å². The van der Waals surface area contributed by atoms with Gasteiger partial charge in [0.05, 0.1) is 22.6 Å². The fraction of sp³-hybridized carbons (Fsp3) is 0.217. The Labute approximate surface area is 164 Å². The third-order valence-electron chi connectivity index (χ3n) is 4.95. The molecule has 2 heterocycles. The van der Waals surface area contributed by atoms with Gasteiger partial charge in [-0.05, 0) is 29.8 Å². The lowest BCUT2D eigenvalue weighted by Gasteiger charge is -2.21.